The first-order valence-corrected chi connectivity index (χ1v) is 7.53. The molecule has 0 aliphatic heterocycles. The standard InChI is InChI=1S/C16H17I/c1-11-13-8-4-5-9-14(13)15(10-16(11)17)12-6-2-3-7-12/h4-5,8-10,12H,2-3,6-7H2,1H3. The van der Waals surface area contributed by atoms with Gasteiger partial charge in [-0.15, -0.1) is 0 Å². The van der Waals surface area contributed by atoms with E-state index in [0.717, 1.165) is 5.92 Å². The second kappa shape index (κ2) is 4.60. The van der Waals surface area contributed by atoms with Gasteiger partial charge in [0.2, 0.25) is 0 Å². The first kappa shape index (κ1) is 11.5. The maximum atomic E-state index is 2.48. The van der Waals surface area contributed by atoms with Crippen LogP contribution in [0.3, 0.4) is 0 Å². The zero-order valence-electron chi connectivity index (χ0n) is 10.2. The lowest BCUT2D eigenvalue weighted by molar-refractivity contribution is 0.729. The highest BCUT2D eigenvalue weighted by Gasteiger charge is 2.20. The molecule has 88 valence electrons. The van der Waals surface area contributed by atoms with Gasteiger partial charge in [-0.3, -0.25) is 0 Å². The zero-order valence-corrected chi connectivity index (χ0v) is 12.3. The minimum absolute atomic E-state index is 0.800. The van der Waals surface area contributed by atoms with Gasteiger partial charge in [0, 0.05) is 3.57 Å². The first-order chi connectivity index (χ1) is 8.27. The number of fused-ring (bicyclic) bond motifs is 1. The first-order valence-electron chi connectivity index (χ1n) is 6.45. The molecule has 1 aliphatic rings. The molecule has 0 unspecified atom stereocenters. The lowest BCUT2D eigenvalue weighted by Crippen LogP contribution is -1.97. The predicted octanol–water partition coefficient (Wildman–Crippen LogP) is 5.41. The Hall–Kier alpha value is -0.570. The van der Waals surface area contributed by atoms with Crippen LogP contribution in [0.5, 0.6) is 0 Å². The van der Waals surface area contributed by atoms with Crippen molar-refractivity contribution in [3.05, 3.63) is 45.0 Å². The van der Waals surface area contributed by atoms with E-state index in [1.54, 1.807) is 5.56 Å². The molecule has 0 aromatic heterocycles. The number of rotatable bonds is 1. The summed E-state index contributed by atoms with van der Waals surface area (Å²) in [6, 6.07) is 11.3. The van der Waals surface area contributed by atoms with Crippen LogP contribution < -0.4 is 0 Å². The zero-order chi connectivity index (χ0) is 11.8. The van der Waals surface area contributed by atoms with Gasteiger partial charge in [0.1, 0.15) is 0 Å². The summed E-state index contributed by atoms with van der Waals surface area (Å²) in [6.07, 6.45) is 5.57. The molecule has 0 heterocycles. The van der Waals surface area contributed by atoms with Gasteiger partial charge in [0.25, 0.3) is 0 Å². The number of benzene rings is 2. The molecule has 0 bridgehead atoms. The average Bonchev–Trinajstić information content (AvgIpc) is 2.87. The highest BCUT2D eigenvalue weighted by molar-refractivity contribution is 14.1. The second-order valence-corrected chi connectivity index (χ2v) is 6.26. The third-order valence-corrected chi connectivity index (χ3v) is 5.20. The van der Waals surface area contributed by atoms with E-state index in [1.165, 1.54) is 45.6 Å². The molecule has 0 nitrogen and oxygen atoms in total. The van der Waals surface area contributed by atoms with Crippen molar-refractivity contribution in [2.45, 2.75) is 38.5 Å². The summed E-state index contributed by atoms with van der Waals surface area (Å²) < 4.78 is 1.42. The van der Waals surface area contributed by atoms with E-state index in [2.05, 4.69) is 59.8 Å². The Bertz CT molecular complexity index is 551. The smallest absolute Gasteiger partial charge is 0.0168 e. The largest absolute Gasteiger partial charge is 0.0616 e. The second-order valence-electron chi connectivity index (χ2n) is 5.10. The van der Waals surface area contributed by atoms with Gasteiger partial charge >= 0.3 is 0 Å². The molecule has 1 heteroatoms. The van der Waals surface area contributed by atoms with E-state index in [9.17, 15) is 0 Å². The van der Waals surface area contributed by atoms with Crippen LogP contribution in [-0.4, -0.2) is 0 Å². The van der Waals surface area contributed by atoms with Gasteiger partial charge in [-0.25, -0.2) is 0 Å². The van der Waals surface area contributed by atoms with Crippen molar-refractivity contribution in [2.24, 2.45) is 0 Å². The Labute approximate surface area is 117 Å². The fourth-order valence-corrected chi connectivity index (χ4v) is 3.71. The van der Waals surface area contributed by atoms with Gasteiger partial charge in [-0.2, -0.15) is 0 Å². The van der Waals surface area contributed by atoms with Gasteiger partial charge in [0.05, 0.1) is 0 Å². The Morgan fingerprint density at radius 3 is 2.41 bits per heavy atom. The van der Waals surface area contributed by atoms with Crippen molar-refractivity contribution in [3.63, 3.8) is 0 Å². The van der Waals surface area contributed by atoms with E-state index >= 15 is 0 Å². The van der Waals surface area contributed by atoms with E-state index in [1.807, 2.05) is 0 Å². The van der Waals surface area contributed by atoms with Crippen LogP contribution in [-0.2, 0) is 0 Å². The minimum atomic E-state index is 0.800. The normalized spacial score (nSPS) is 16.8. The molecule has 3 rings (SSSR count). The molecule has 2 aromatic rings. The number of hydrogen-bond donors (Lipinski definition) is 0. The van der Waals surface area contributed by atoms with Crippen molar-refractivity contribution < 1.29 is 0 Å². The molecule has 0 N–H and O–H groups in total. The van der Waals surface area contributed by atoms with Gasteiger partial charge in [-0.05, 0) is 76.2 Å². The third-order valence-electron chi connectivity index (χ3n) is 4.08. The summed E-state index contributed by atoms with van der Waals surface area (Å²) in [6.45, 7) is 2.24. The molecule has 0 amide bonds. The molecule has 0 spiro atoms. The molecular weight excluding hydrogens is 319 g/mol. The molecule has 17 heavy (non-hydrogen) atoms. The van der Waals surface area contributed by atoms with Crippen LogP contribution in [0.4, 0.5) is 0 Å². The Balaban J connectivity index is 2.26. The summed E-state index contributed by atoms with van der Waals surface area (Å²) in [5.41, 5.74) is 3.02. The van der Waals surface area contributed by atoms with E-state index in [0.29, 0.717) is 0 Å². The number of hydrogen-bond acceptors (Lipinski definition) is 0. The van der Waals surface area contributed by atoms with Crippen molar-refractivity contribution in [1.82, 2.24) is 0 Å². The lowest BCUT2D eigenvalue weighted by Gasteiger charge is -2.16. The fraction of sp³-hybridized carbons (Fsp3) is 0.375. The SMILES string of the molecule is Cc1c(I)cc(C2CCCC2)c2ccccc12. The van der Waals surface area contributed by atoms with Crippen molar-refractivity contribution in [2.75, 3.05) is 0 Å². The van der Waals surface area contributed by atoms with Crippen LogP contribution in [0.15, 0.2) is 30.3 Å². The Morgan fingerprint density at radius 1 is 1.06 bits per heavy atom. The molecule has 1 aliphatic carbocycles. The fourth-order valence-electron chi connectivity index (χ4n) is 3.09. The average molecular weight is 336 g/mol. The topological polar surface area (TPSA) is 0 Å². The molecule has 0 radical (unpaired) electrons. The predicted molar refractivity (Wildman–Crippen MR) is 82.6 cm³/mol. The summed E-state index contributed by atoms with van der Waals surface area (Å²) in [4.78, 5) is 0. The maximum absolute atomic E-state index is 2.48. The quantitative estimate of drug-likeness (QED) is 0.611. The van der Waals surface area contributed by atoms with E-state index in [4.69, 9.17) is 0 Å². The monoisotopic (exact) mass is 336 g/mol. The van der Waals surface area contributed by atoms with Crippen LogP contribution in [0, 0.1) is 10.5 Å². The highest BCUT2D eigenvalue weighted by atomic mass is 127. The Morgan fingerprint density at radius 2 is 1.71 bits per heavy atom. The van der Waals surface area contributed by atoms with Crippen molar-refractivity contribution >= 4 is 33.4 Å². The molecule has 2 aromatic carbocycles. The van der Waals surface area contributed by atoms with E-state index in [-0.39, 0.29) is 0 Å². The summed E-state index contributed by atoms with van der Waals surface area (Å²) in [7, 11) is 0. The van der Waals surface area contributed by atoms with Crippen LogP contribution >= 0.6 is 22.6 Å². The molecule has 0 atom stereocenters. The number of aryl methyl sites for hydroxylation is 1. The minimum Gasteiger partial charge on any atom is -0.0616 e. The lowest BCUT2D eigenvalue weighted by atomic mass is 9.90. The molecular formula is C16H17I. The third kappa shape index (κ3) is 1.99. The van der Waals surface area contributed by atoms with Crippen LogP contribution in [0.25, 0.3) is 10.8 Å². The molecule has 1 fully saturated rings. The van der Waals surface area contributed by atoms with E-state index < -0.39 is 0 Å². The van der Waals surface area contributed by atoms with Gasteiger partial charge in [0.15, 0.2) is 0 Å². The molecule has 0 saturated heterocycles. The maximum Gasteiger partial charge on any atom is 0.0168 e. The summed E-state index contributed by atoms with van der Waals surface area (Å²) in [5, 5.41) is 2.93. The molecule has 1 saturated carbocycles. The van der Waals surface area contributed by atoms with Gasteiger partial charge in [-0.1, -0.05) is 37.1 Å². The van der Waals surface area contributed by atoms with Crippen molar-refractivity contribution in [1.29, 1.82) is 0 Å². The van der Waals surface area contributed by atoms with Gasteiger partial charge < -0.3 is 0 Å². The van der Waals surface area contributed by atoms with Crippen LogP contribution in [0.2, 0.25) is 0 Å². The highest BCUT2D eigenvalue weighted by Crippen LogP contribution is 2.39. The summed E-state index contributed by atoms with van der Waals surface area (Å²) >= 11 is 2.48. The summed E-state index contributed by atoms with van der Waals surface area (Å²) in [5.74, 6) is 0.800. The number of halogens is 1. The van der Waals surface area contributed by atoms with Crippen molar-refractivity contribution in [3.8, 4) is 0 Å². The van der Waals surface area contributed by atoms with Crippen LogP contribution in [0.1, 0.15) is 42.7 Å². The Kier molecular flexibility index (Phi) is 3.12.